The molecule has 30 heavy (non-hydrogen) atoms. The van der Waals surface area contributed by atoms with Crippen molar-refractivity contribution in [1.82, 2.24) is 19.5 Å². The van der Waals surface area contributed by atoms with Crippen molar-refractivity contribution in [3.05, 3.63) is 53.4 Å². The van der Waals surface area contributed by atoms with Gasteiger partial charge >= 0.3 is 0 Å². The van der Waals surface area contributed by atoms with Gasteiger partial charge < -0.3 is 5.32 Å². The molecular weight excluding hydrogens is 397 g/mol. The van der Waals surface area contributed by atoms with E-state index in [2.05, 4.69) is 32.3 Å². The number of halogens is 1. The Hall–Kier alpha value is -3.36. The first-order valence-electron chi connectivity index (χ1n) is 9.87. The number of imidazole rings is 1. The molecular formula is C21H19BClN7. The predicted octanol–water partition coefficient (Wildman–Crippen LogP) is 4.18. The quantitative estimate of drug-likeness (QED) is 0.627. The molecule has 0 bridgehead atoms. The van der Waals surface area contributed by atoms with Crippen molar-refractivity contribution < 1.29 is 0 Å². The third kappa shape index (κ3) is 4.29. The zero-order valence-corrected chi connectivity index (χ0v) is 17.0. The van der Waals surface area contributed by atoms with Crippen LogP contribution in [-0.2, 0) is 6.42 Å². The third-order valence-corrected chi connectivity index (χ3v) is 5.51. The standard InChI is InChI=1S/C21H19BClN7/c23-16-5-3-15(4-6-16)20-27-13-18(7-10-24)30(20)19-8-11-26-21(29-19)28-17-2-1-9-22(12-17)14-25/h3-6,8,11,13,17H,1-2,7,9,12H2,(H,26,28,29). The van der Waals surface area contributed by atoms with E-state index in [1.165, 1.54) is 0 Å². The Bertz CT molecular complexity index is 1110. The fraction of sp³-hybridized carbons (Fsp3) is 0.286. The van der Waals surface area contributed by atoms with E-state index < -0.39 is 0 Å². The van der Waals surface area contributed by atoms with E-state index in [1.54, 1.807) is 18.5 Å². The minimum absolute atomic E-state index is 0.0758. The molecule has 1 unspecified atom stereocenters. The van der Waals surface area contributed by atoms with Gasteiger partial charge in [-0.15, -0.1) is 0 Å². The van der Waals surface area contributed by atoms with Gasteiger partial charge in [-0.2, -0.15) is 10.2 Å². The molecule has 1 fully saturated rings. The van der Waals surface area contributed by atoms with Crippen molar-refractivity contribution in [2.24, 2.45) is 0 Å². The SMILES string of the molecule is N#CCc1cnc(-c2ccc(Cl)cc2)n1-c1ccnc(NC2CCCB(C#N)C2)n1. The van der Waals surface area contributed by atoms with E-state index in [4.69, 9.17) is 11.6 Å². The Kier molecular flexibility index (Phi) is 5.97. The van der Waals surface area contributed by atoms with Crippen LogP contribution in [-0.4, -0.2) is 32.3 Å². The van der Waals surface area contributed by atoms with Gasteiger partial charge in [0.05, 0.1) is 24.4 Å². The van der Waals surface area contributed by atoms with Crippen molar-refractivity contribution in [2.75, 3.05) is 5.32 Å². The zero-order chi connectivity index (χ0) is 20.9. The summed E-state index contributed by atoms with van der Waals surface area (Å²) in [4.78, 5) is 13.6. The van der Waals surface area contributed by atoms with Gasteiger partial charge in [0.25, 0.3) is 6.71 Å². The summed E-state index contributed by atoms with van der Waals surface area (Å²) in [6, 6.07) is 11.6. The van der Waals surface area contributed by atoms with Crippen molar-refractivity contribution >= 4 is 24.3 Å². The summed E-state index contributed by atoms with van der Waals surface area (Å²) in [6.45, 7) is 0.0758. The molecule has 0 spiro atoms. The largest absolute Gasteiger partial charge is 0.352 e. The summed E-state index contributed by atoms with van der Waals surface area (Å²) in [5.41, 5.74) is 1.62. The molecule has 9 heteroatoms. The van der Waals surface area contributed by atoms with Crippen LogP contribution >= 0.6 is 11.6 Å². The number of aromatic nitrogens is 4. The lowest BCUT2D eigenvalue weighted by Crippen LogP contribution is -2.31. The van der Waals surface area contributed by atoms with Gasteiger partial charge in [0, 0.05) is 28.8 Å². The van der Waals surface area contributed by atoms with E-state index in [-0.39, 0.29) is 19.2 Å². The van der Waals surface area contributed by atoms with E-state index in [1.807, 2.05) is 28.8 Å². The van der Waals surface area contributed by atoms with E-state index >= 15 is 0 Å². The number of anilines is 1. The van der Waals surface area contributed by atoms with E-state index in [0.717, 1.165) is 36.7 Å². The number of rotatable bonds is 5. The molecule has 1 aliphatic heterocycles. The molecule has 3 heterocycles. The van der Waals surface area contributed by atoms with Gasteiger partial charge in [-0.05, 0) is 43.1 Å². The molecule has 1 N–H and O–H groups in total. The number of nitriles is 2. The van der Waals surface area contributed by atoms with Gasteiger partial charge in [0.1, 0.15) is 11.6 Å². The first kappa shape index (κ1) is 19.9. The molecule has 3 aromatic rings. The second-order valence-electron chi connectivity index (χ2n) is 7.32. The van der Waals surface area contributed by atoms with Crippen LogP contribution in [0.5, 0.6) is 0 Å². The third-order valence-electron chi connectivity index (χ3n) is 5.26. The molecule has 4 rings (SSSR count). The van der Waals surface area contributed by atoms with E-state index in [0.29, 0.717) is 22.6 Å². The van der Waals surface area contributed by atoms with Crippen molar-refractivity contribution in [2.45, 2.75) is 37.9 Å². The van der Waals surface area contributed by atoms with Gasteiger partial charge in [0.2, 0.25) is 5.95 Å². The van der Waals surface area contributed by atoms with Crippen LogP contribution < -0.4 is 5.32 Å². The highest BCUT2D eigenvalue weighted by Gasteiger charge is 2.25. The lowest BCUT2D eigenvalue weighted by molar-refractivity contribution is 0.648. The van der Waals surface area contributed by atoms with Gasteiger partial charge in [-0.3, -0.25) is 4.57 Å². The Morgan fingerprint density at radius 3 is 2.80 bits per heavy atom. The van der Waals surface area contributed by atoms with Crippen LogP contribution in [0.3, 0.4) is 0 Å². The molecule has 7 nitrogen and oxygen atoms in total. The lowest BCUT2D eigenvalue weighted by atomic mass is 9.42. The van der Waals surface area contributed by atoms with Crippen LogP contribution in [0.15, 0.2) is 42.7 Å². The van der Waals surface area contributed by atoms with Crippen molar-refractivity contribution in [3.8, 4) is 29.2 Å². The first-order chi connectivity index (χ1) is 14.7. The molecule has 148 valence electrons. The van der Waals surface area contributed by atoms with Crippen LogP contribution in [0, 0.1) is 22.6 Å². The monoisotopic (exact) mass is 415 g/mol. The highest BCUT2D eigenvalue weighted by Crippen LogP contribution is 2.26. The summed E-state index contributed by atoms with van der Waals surface area (Å²) < 4.78 is 1.87. The van der Waals surface area contributed by atoms with Crippen LogP contribution in [0.1, 0.15) is 18.5 Å². The Morgan fingerprint density at radius 1 is 1.20 bits per heavy atom. The normalized spacial score (nSPS) is 16.0. The number of hydrogen-bond acceptors (Lipinski definition) is 6. The molecule has 0 amide bonds. The second-order valence-corrected chi connectivity index (χ2v) is 7.76. The van der Waals surface area contributed by atoms with Crippen LogP contribution in [0.4, 0.5) is 5.95 Å². The van der Waals surface area contributed by atoms with Crippen LogP contribution in [0.25, 0.3) is 17.2 Å². The number of nitrogens with one attached hydrogen (secondary N) is 1. The molecule has 1 aromatic carbocycles. The second kappa shape index (κ2) is 8.98. The zero-order valence-electron chi connectivity index (χ0n) is 16.3. The molecule has 1 saturated heterocycles. The number of nitrogens with zero attached hydrogens (tertiary/aromatic N) is 6. The first-order valence-corrected chi connectivity index (χ1v) is 10.2. The fourth-order valence-corrected chi connectivity index (χ4v) is 3.94. The molecule has 0 aliphatic carbocycles. The summed E-state index contributed by atoms with van der Waals surface area (Å²) in [7, 11) is 0. The Morgan fingerprint density at radius 2 is 2.03 bits per heavy atom. The molecule has 2 aromatic heterocycles. The van der Waals surface area contributed by atoms with Crippen molar-refractivity contribution in [3.63, 3.8) is 0 Å². The molecule has 1 aliphatic rings. The minimum atomic E-state index is 0.0758. The molecule has 1 atom stereocenters. The van der Waals surface area contributed by atoms with Crippen LogP contribution in [0.2, 0.25) is 17.7 Å². The van der Waals surface area contributed by atoms with Crippen molar-refractivity contribution in [1.29, 1.82) is 10.5 Å². The van der Waals surface area contributed by atoms with Gasteiger partial charge in [0.15, 0.2) is 0 Å². The summed E-state index contributed by atoms with van der Waals surface area (Å²) in [5, 5.41) is 22.5. The highest BCUT2D eigenvalue weighted by molar-refractivity contribution is 6.67. The van der Waals surface area contributed by atoms with Gasteiger partial charge in [-0.25, -0.2) is 15.2 Å². The average Bonchev–Trinajstić information content (AvgIpc) is 3.18. The fourth-order valence-electron chi connectivity index (χ4n) is 3.82. The molecule has 0 saturated carbocycles. The maximum absolute atomic E-state index is 9.25. The minimum Gasteiger partial charge on any atom is -0.352 e. The Balaban J connectivity index is 1.67. The molecule has 0 radical (unpaired) electrons. The smallest absolute Gasteiger partial charge is 0.269 e. The maximum Gasteiger partial charge on any atom is 0.269 e. The van der Waals surface area contributed by atoms with Gasteiger partial charge in [-0.1, -0.05) is 24.3 Å². The number of benzene rings is 1. The summed E-state index contributed by atoms with van der Waals surface area (Å²) in [6.07, 6.45) is 7.35. The average molecular weight is 416 g/mol. The topological polar surface area (TPSA) is 103 Å². The summed E-state index contributed by atoms with van der Waals surface area (Å²) in [5.74, 6) is 4.20. The Labute approximate surface area is 180 Å². The lowest BCUT2D eigenvalue weighted by Gasteiger charge is -2.24. The number of hydrogen-bond donors (Lipinski definition) is 1. The van der Waals surface area contributed by atoms with E-state index in [9.17, 15) is 10.5 Å². The highest BCUT2D eigenvalue weighted by atomic mass is 35.5. The summed E-state index contributed by atoms with van der Waals surface area (Å²) >= 11 is 6.03. The predicted molar refractivity (Wildman–Crippen MR) is 117 cm³/mol. The maximum atomic E-state index is 9.25.